The van der Waals surface area contributed by atoms with Gasteiger partial charge in [0.15, 0.2) is 0 Å². The minimum Gasteiger partial charge on any atom is -0.497 e. The van der Waals surface area contributed by atoms with E-state index >= 15 is 0 Å². The molecule has 36 heavy (non-hydrogen) atoms. The minimum atomic E-state index is -1.14. The number of hydrogen-bond donors (Lipinski definition) is 1. The van der Waals surface area contributed by atoms with Crippen molar-refractivity contribution in [2.75, 3.05) is 19.5 Å². The van der Waals surface area contributed by atoms with E-state index in [-0.39, 0.29) is 17.5 Å². The molecule has 8 nitrogen and oxygen atoms in total. The molecule has 1 unspecified atom stereocenters. The molecule has 0 spiro atoms. The molecule has 1 aliphatic heterocycles. The van der Waals surface area contributed by atoms with Gasteiger partial charge in [-0.15, -0.1) is 0 Å². The van der Waals surface area contributed by atoms with Crippen molar-refractivity contribution >= 4 is 34.3 Å². The third kappa shape index (κ3) is 4.02. The molecule has 4 aromatic rings. The highest BCUT2D eigenvalue weighted by Gasteiger charge is 2.43. The van der Waals surface area contributed by atoms with Crippen molar-refractivity contribution in [2.24, 2.45) is 0 Å². The summed E-state index contributed by atoms with van der Waals surface area (Å²) in [4.78, 5) is 45.8. The molecule has 0 aliphatic carbocycles. The first kappa shape index (κ1) is 23.0. The van der Waals surface area contributed by atoms with Crippen LogP contribution in [0.3, 0.4) is 0 Å². The Kier molecular flexibility index (Phi) is 6.08. The van der Waals surface area contributed by atoms with Gasteiger partial charge < -0.3 is 14.8 Å². The van der Waals surface area contributed by atoms with Gasteiger partial charge in [0.1, 0.15) is 17.5 Å². The third-order valence-electron chi connectivity index (χ3n) is 6.24. The highest BCUT2D eigenvalue weighted by molar-refractivity contribution is 6.23. The first-order valence-corrected chi connectivity index (χ1v) is 11.3. The van der Waals surface area contributed by atoms with E-state index in [2.05, 4.69) is 10.3 Å². The summed E-state index contributed by atoms with van der Waals surface area (Å²) in [5.41, 5.74) is 2.28. The number of nitrogens with one attached hydrogen (secondary N) is 1. The standard InChI is InChI=1S/C28H23N3O5/c1-35-19-13-12-18(24(16-19)36-2)15-23(31-27(33)20-9-3-4-10-21(20)28(31)34)26(32)30-22-11-5-7-17-8-6-14-29-25(17)22/h3-14,16,23H,15H2,1-2H3,(H,30,32). The van der Waals surface area contributed by atoms with E-state index in [9.17, 15) is 14.4 Å². The predicted molar refractivity (Wildman–Crippen MR) is 134 cm³/mol. The van der Waals surface area contributed by atoms with Crippen LogP contribution >= 0.6 is 0 Å². The topological polar surface area (TPSA) is 97.8 Å². The summed E-state index contributed by atoms with van der Waals surface area (Å²) in [6.07, 6.45) is 1.69. The number of aromatic nitrogens is 1. The fourth-order valence-electron chi connectivity index (χ4n) is 4.44. The number of carbonyl (C=O) groups is 3. The van der Waals surface area contributed by atoms with Crippen molar-refractivity contribution in [2.45, 2.75) is 12.5 Å². The van der Waals surface area contributed by atoms with Crippen molar-refractivity contribution in [1.82, 2.24) is 9.88 Å². The third-order valence-corrected chi connectivity index (χ3v) is 6.24. The number of imide groups is 1. The zero-order valence-corrected chi connectivity index (χ0v) is 19.7. The zero-order chi connectivity index (χ0) is 25.2. The van der Waals surface area contributed by atoms with Gasteiger partial charge in [-0.25, -0.2) is 0 Å². The summed E-state index contributed by atoms with van der Waals surface area (Å²) in [5, 5.41) is 3.75. The summed E-state index contributed by atoms with van der Waals surface area (Å²) in [6.45, 7) is 0. The second-order valence-electron chi connectivity index (χ2n) is 8.29. The highest BCUT2D eigenvalue weighted by atomic mass is 16.5. The molecule has 3 amide bonds. The number of ether oxygens (including phenoxy) is 2. The molecular formula is C28H23N3O5. The molecule has 5 rings (SSSR count). The lowest BCUT2D eigenvalue weighted by Gasteiger charge is -2.26. The molecule has 1 N–H and O–H groups in total. The number of methoxy groups -OCH3 is 2. The van der Waals surface area contributed by atoms with E-state index in [1.165, 1.54) is 7.11 Å². The monoisotopic (exact) mass is 481 g/mol. The van der Waals surface area contributed by atoms with Crippen LogP contribution in [-0.4, -0.2) is 47.9 Å². The van der Waals surface area contributed by atoms with Crippen molar-refractivity contribution in [3.05, 3.63) is 95.7 Å². The van der Waals surface area contributed by atoms with Crippen LogP contribution in [0.25, 0.3) is 10.9 Å². The van der Waals surface area contributed by atoms with Crippen LogP contribution in [0.15, 0.2) is 79.0 Å². The maximum Gasteiger partial charge on any atom is 0.262 e. The molecule has 3 aromatic carbocycles. The van der Waals surface area contributed by atoms with Crippen LogP contribution in [0.2, 0.25) is 0 Å². The number of para-hydroxylation sites is 1. The summed E-state index contributed by atoms with van der Waals surface area (Å²) in [5.74, 6) is -0.478. The SMILES string of the molecule is COc1ccc(CC(C(=O)Nc2cccc3cccnc23)N2C(=O)c3ccccc3C2=O)c(OC)c1. The van der Waals surface area contributed by atoms with Gasteiger partial charge in [-0.1, -0.05) is 36.4 Å². The average molecular weight is 482 g/mol. The van der Waals surface area contributed by atoms with Crippen LogP contribution in [0.4, 0.5) is 5.69 Å². The Morgan fingerprint density at radius 3 is 2.33 bits per heavy atom. The number of benzene rings is 3. The van der Waals surface area contributed by atoms with Gasteiger partial charge in [0.2, 0.25) is 5.91 Å². The zero-order valence-electron chi connectivity index (χ0n) is 19.7. The number of anilines is 1. The van der Waals surface area contributed by atoms with E-state index in [0.29, 0.717) is 28.3 Å². The molecule has 1 aliphatic rings. The van der Waals surface area contributed by atoms with E-state index in [1.807, 2.05) is 24.3 Å². The number of fused-ring (bicyclic) bond motifs is 2. The number of hydrogen-bond acceptors (Lipinski definition) is 6. The molecular weight excluding hydrogens is 458 g/mol. The van der Waals surface area contributed by atoms with Crippen molar-refractivity contribution in [3.63, 3.8) is 0 Å². The summed E-state index contributed by atoms with van der Waals surface area (Å²) in [7, 11) is 3.05. The number of carbonyl (C=O) groups excluding carboxylic acids is 3. The van der Waals surface area contributed by atoms with Gasteiger partial charge in [-0.2, -0.15) is 0 Å². The Morgan fingerprint density at radius 2 is 1.64 bits per heavy atom. The predicted octanol–water partition coefficient (Wildman–Crippen LogP) is 4.10. The molecule has 0 radical (unpaired) electrons. The highest BCUT2D eigenvalue weighted by Crippen LogP contribution is 2.31. The molecule has 8 heteroatoms. The fraction of sp³-hybridized carbons (Fsp3) is 0.143. The molecule has 1 aromatic heterocycles. The van der Waals surface area contributed by atoms with Gasteiger partial charge in [0.05, 0.1) is 36.6 Å². The molecule has 0 fully saturated rings. The Balaban J connectivity index is 1.55. The van der Waals surface area contributed by atoms with Crippen LogP contribution in [-0.2, 0) is 11.2 Å². The van der Waals surface area contributed by atoms with E-state index in [1.54, 1.807) is 61.8 Å². The van der Waals surface area contributed by atoms with Gasteiger partial charge >= 0.3 is 0 Å². The minimum absolute atomic E-state index is 0.0443. The Hall–Kier alpha value is -4.72. The number of rotatable bonds is 7. The second-order valence-corrected chi connectivity index (χ2v) is 8.29. The Labute approximate surface area is 207 Å². The summed E-state index contributed by atoms with van der Waals surface area (Å²) < 4.78 is 10.8. The van der Waals surface area contributed by atoms with Gasteiger partial charge in [-0.3, -0.25) is 24.3 Å². The van der Waals surface area contributed by atoms with Gasteiger partial charge in [0.25, 0.3) is 11.8 Å². The van der Waals surface area contributed by atoms with Crippen molar-refractivity contribution in [3.8, 4) is 11.5 Å². The largest absolute Gasteiger partial charge is 0.497 e. The summed E-state index contributed by atoms with van der Waals surface area (Å²) in [6, 6.07) is 19.8. The molecule has 0 bridgehead atoms. The molecule has 1 atom stereocenters. The van der Waals surface area contributed by atoms with Crippen molar-refractivity contribution in [1.29, 1.82) is 0 Å². The number of amides is 3. The molecule has 2 heterocycles. The van der Waals surface area contributed by atoms with E-state index in [0.717, 1.165) is 10.3 Å². The van der Waals surface area contributed by atoms with Gasteiger partial charge in [0, 0.05) is 24.1 Å². The van der Waals surface area contributed by atoms with E-state index in [4.69, 9.17) is 9.47 Å². The number of nitrogens with zero attached hydrogens (tertiary/aromatic N) is 2. The quantitative estimate of drug-likeness (QED) is 0.399. The first-order chi connectivity index (χ1) is 17.5. The first-order valence-electron chi connectivity index (χ1n) is 11.3. The molecule has 0 saturated heterocycles. The maximum atomic E-state index is 13.8. The van der Waals surface area contributed by atoms with Crippen LogP contribution < -0.4 is 14.8 Å². The number of pyridine rings is 1. The van der Waals surface area contributed by atoms with Crippen molar-refractivity contribution < 1.29 is 23.9 Å². The smallest absolute Gasteiger partial charge is 0.262 e. The lowest BCUT2D eigenvalue weighted by Crippen LogP contribution is -2.48. The second kappa shape index (κ2) is 9.50. The normalized spacial score (nSPS) is 13.4. The maximum absolute atomic E-state index is 13.8. The fourth-order valence-corrected chi connectivity index (χ4v) is 4.44. The van der Waals surface area contributed by atoms with Crippen LogP contribution in [0.1, 0.15) is 26.3 Å². The average Bonchev–Trinajstić information content (AvgIpc) is 3.17. The van der Waals surface area contributed by atoms with Gasteiger partial charge in [-0.05, 0) is 35.9 Å². The lowest BCUT2D eigenvalue weighted by atomic mass is 10.0. The lowest BCUT2D eigenvalue weighted by molar-refractivity contribution is -0.119. The van der Waals surface area contributed by atoms with Crippen LogP contribution in [0.5, 0.6) is 11.5 Å². The van der Waals surface area contributed by atoms with Crippen LogP contribution in [0, 0.1) is 0 Å². The van der Waals surface area contributed by atoms with E-state index < -0.39 is 23.8 Å². The molecule has 0 saturated carbocycles. The molecule has 180 valence electrons. The Bertz CT molecular complexity index is 1460. The Morgan fingerprint density at radius 1 is 0.917 bits per heavy atom. The summed E-state index contributed by atoms with van der Waals surface area (Å²) >= 11 is 0.